The van der Waals surface area contributed by atoms with Crippen molar-refractivity contribution >= 4 is 20.7 Å². The molecule has 1 N–H and O–H groups in total. The molecule has 0 aliphatic heterocycles. The number of aryl methyl sites for hydroxylation is 1. The predicted octanol–water partition coefficient (Wildman–Crippen LogP) is 1.58. The Balaban J connectivity index is 2.14. The van der Waals surface area contributed by atoms with Crippen molar-refractivity contribution in [3.63, 3.8) is 0 Å². The molecule has 0 aliphatic rings. The summed E-state index contributed by atoms with van der Waals surface area (Å²) in [5, 5.41) is 8.93. The predicted molar refractivity (Wildman–Crippen MR) is 81.4 cm³/mol. The van der Waals surface area contributed by atoms with Crippen LogP contribution in [-0.2, 0) is 22.9 Å². The second-order valence-electron chi connectivity index (χ2n) is 5.15. The van der Waals surface area contributed by atoms with E-state index in [1.54, 1.807) is 0 Å². The molecule has 0 saturated carbocycles. The molecule has 1 unspecified atom stereocenters. The third kappa shape index (κ3) is 3.58. The first-order valence-electron chi connectivity index (χ1n) is 6.76. The van der Waals surface area contributed by atoms with Gasteiger partial charge in [0.15, 0.2) is 0 Å². The molecule has 6 heteroatoms. The van der Waals surface area contributed by atoms with Gasteiger partial charge >= 0.3 is 0 Å². The van der Waals surface area contributed by atoms with Gasteiger partial charge in [-0.2, -0.15) is 5.10 Å². The minimum absolute atomic E-state index is 0.0875. The lowest BCUT2D eigenvalue weighted by Crippen LogP contribution is -2.32. The molecule has 20 heavy (non-hydrogen) atoms. The molecule has 2 aromatic rings. The summed E-state index contributed by atoms with van der Waals surface area (Å²) < 4.78 is 24.5. The maximum absolute atomic E-state index is 11.3. The minimum atomic E-state index is -2.96. The Morgan fingerprint density at radius 3 is 2.70 bits per heavy atom. The second-order valence-corrected chi connectivity index (χ2v) is 7.34. The number of para-hydroxylation sites is 1. The fourth-order valence-electron chi connectivity index (χ4n) is 2.35. The Morgan fingerprint density at radius 1 is 1.35 bits per heavy atom. The Morgan fingerprint density at radius 2 is 2.05 bits per heavy atom. The smallest absolute Gasteiger partial charge is 0.148 e. The summed E-state index contributed by atoms with van der Waals surface area (Å²) in [6.07, 6.45) is 1.26. The average molecular weight is 295 g/mol. The van der Waals surface area contributed by atoms with Crippen LogP contribution in [0, 0.1) is 0 Å². The standard InChI is InChI=1S/C14H21N3O2S/c1-4-17-14-8-6-5-7-12(14)13(16-17)9-15-11(2)10-20(3,18)19/h5-8,11,15H,4,9-10H2,1-3H3. The molecule has 1 atom stereocenters. The molecule has 1 aromatic carbocycles. The first kappa shape index (κ1) is 15.0. The summed E-state index contributed by atoms with van der Waals surface area (Å²) in [4.78, 5) is 0. The average Bonchev–Trinajstić information content (AvgIpc) is 2.73. The minimum Gasteiger partial charge on any atom is -0.308 e. The van der Waals surface area contributed by atoms with Crippen LogP contribution in [-0.4, -0.2) is 36.2 Å². The van der Waals surface area contributed by atoms with Gasteiger partial charge in [0, 0.05) is 30.8 Å². The van der Waals surface area contributed by atoms with Gasteiger partial charge < -0.3 is 5.32 Å². The van der Waals surface area contributed by atoms with Crippen molar-refractivity contribution in [2.75, 3.05) is 12.0 Å². The molecule has 1 heterocycles. The molecule has 0 amide bonds. The van der Waals surface area contributed by atoms with Crippen molar-refractivity contribution in [2.45, 2.75) is 33.0 Å². The molecule has 0 saturated heterocycles. The van der Waals surface area contributed by atoms with Crippen LogP contribution in [0.5, 0.6) is 0 Å². The molecular formula is C14H21N3O2S. The van der Waals surface area contributed by atoms with Gasteiger partial charge in [-0.1, -0.05) is 18.2 Å². The molecule has 0 spiro atoms. The highest BCUT2D eigenvalue weighted by Gasteiger charge is 2.13. The van der Waals surface area contributed by atoms with Gasteiger partial charge in [-0.05, 0) is 19.9 Å². The Kier molecular flexibility index (Phi) is 4.45. The molecule has 0 aliphatic carbocycles. The van der Waals surface area contributed by atoms with E-state index in [2.05, 4.69) is 23.4 Å². The van der Waals surface area contributed by atoms with Gasteiger partial charge in [0.2, 0.25) is 0 Å². The van der Waals surface area contributed by atoms with Gasteiger partial charge in [0.05, 0.1) is 17.0 Å². The number of aromatic nitrogens is 2. The quantitative estimate of drug-likeness (QED) is 0.879. The summed E-state index contributed by atoms with van der Waals surface area (Å²) in [6, 6.07) is 8.00. The highest BCUT2D eigenvalue weighted by atomic mass is 32.2. The van der Waals surface area contributed by atoms with Crippen LogP contribution in [0.3, 0.4) is 0 Å². The van der Waals surface area contributed by atoms with Gasteiger partial charge in [-0.15, -0.1) is 0 Å². The van der Waals surface area contributed by atoms with Gasteiger partial charge in [-0.25, -0.2) is 8.42 Å². The second kappa shape index (κ2) is 5.93. The zero-order valence-corrected chi connectivity index (χ0v) is 12.9. The summed E-state index contributed by atoms with van der Waals surface area (Å²) in [5.41, 5.74) is 2.07. The fraction of sp³-hybridized carbons (Fsp3) is 0.500. The SMILES string of the molecule is CCn1nc(CNC(C)CS(C)(=O)=O)c2ccccc21. The van der Waals surface area contributed by atoms with Crippen molar-refractivity contribution in [1.29, 1.82) is 0 Å². The maximum Gasteiger partial charge on any atom is 0.148 e. The molecule has 110 valence electrons. The highest BCUT2D eigenvalue weighted by molar-refractivity contribution is 7.90. The zero-order valence-electron chi connectivity index (χ0n) is 12.1. The van der Waals surface area contributed by atoms with Crippen LogP contribution in [0.2, 0.25) is 0 Å². The normalized spacial score (nSPS) is 13.8. The molecule has 0 bridgehead atoms. The lowest BCUT2D eigenvalue weighted by atomic mass is 10.2. The van der Waals surface area contributed by atoms with E-state index in [9.17, 15) is 8.42 Å². The lowest BCUT2D eigenvalue weighted by Gasteiger charge is -2.11. The number of fused-ring (bicyclic) bond motifs is 1. The molecular weight excluding hydrogens is 274 g/mol. The number of sulfone groups is 1. The van der Waals surface area contributed by atoms with Crippen molar-refractivity contribution < 1.29 is 8.42 Å². The van der Waals surface area contributed by atoms with E-state index in [-0.39, 0.29) is 11.8 Å². The summed E-state index contributed by atoms with van der Waals surface area (Å²) in [6.45, 7) is 5.33. The number of hydrogen-bond acceptors (Lipinski definition) is 4. The Hall–Kier alpha value is -1.40. The highest BCUT2D eigenvalue weighted by Crippen LogP contribution is 2.18. The van der Waals surface area contributed by atoms with Crippen LogP contribution < -0.4 is 5.32 Å². The lowest BCUT2D eigenvalue weighted by molar-refractivity contribution is 0.551. The summed E-state index contributed by atoms with van der Waals surface area (Å²) in [5.74, 6) is 0.138. The van der Waals surface area contributed by atoms with Crippen molar-refractivity contribution in [2.24, 2.45) is 0 Å². The van der Waals surface area contributed by atoms with Gasteiger partial charge in [0.25, 0.3) is 0 Å². The van der Waals surface area contributed by atoms with E-state index >= 15 is 0 Å². The van der Waals surface area contributed by atoms with Crippen molar-refractivity contribution in [1.82, 2.24) is 15.1 Å². The van der Waals surface area contributed by atoms with E-state index in [1.165, 1.54) is 6.26 Å². The molecule has 2 rings (SSSR count). The zero-order chi connectivity index (χ0) is 14.8. The van der Waals surface area contributed by atoms with Crippen molar-refractivity contribution in [3.05, 3.63) is 30.0 Å². The third-order valence-electron chi connectivity index (χ3n) is 3.20. The number of nitrogens with one attached hydrogen (secondary N) is 1. The number of benzene rings is 1. The number of nitrogens with zero attached hydrogens (tertiary/aromatic N) is 2. The third-order valence-corrected chi connectivity index (χ3v) is 4.31. The molecule has 0 radical (unpaired) electrons. The van der Waals surface area contributed by atoms with Crippen LogP contribution in [0.1, 0.15) is 19.5 Å². The van der Waals surface area contributed by atoms with Gasteiger partial charge in [0.1, 0.15) is 9.84 Å². The van der Waals surface area contributed by atoms with Crippen LogP contribution in [0.4, 0.5) is 0 Å². The molecule has 0 fully saturated rings. The van der Waals surface area contributed by atoms with E-state index < -0.39 is 9.84 Å². The Bertz CT molecular complexity index is 692. The first-order chi connectivity index (χ1) is 9.40. The van der Waals surface area contributed by atoms with Crippen LogP contribution >= 0.6 is 0 Å². The van der Waals surface area contributed by atoms with E-state index in [0.717, 1.165) is 23.1 Å². The number of rotatable bonds is 6. The Labute approximate surface area is 119 Å². The van der Waals surface area contributed by atoms with Gasteiger partial charge in [-0.3, -0.25) is 4.68 Å². The van der Waals surface area contributed by atoms with Crippen molar-refractivity contribution in [3.8, 4) is 0 Å². The molecule has 1 aromatic heterocycles. The fourth-order valence-corrected chi connectivity index (χ4v) is 3.38. The summed E-state index contributed by atoms with van der Waals surface area (Å²) in [7, 11) is -2.96. The van der Waals surface area contributed by atoms with E-state index in [0.29, 0.717) is 6.54 Å². The monoisotopic (exact) mass is 295 g/mol. The van der Waals surface area contributed by atoms with E-state index in [4.69, 9.17) is 0 Å². The largest absolute Gasteiger partial charge is 0.308 e. The maximum atomic E-state index is 11.3. The molecule has 5 nitrogen and oxygen atoms in total. The topological polar surface area (TPSA) is 64.0 Å². The van der Waals surface area contributed by atoms with Crippen LogP contribution in [0.15, 0.2) is 24.3 Å². The van der Waals surface area contributed by atoms with E-state index in [1.807, 2.05) is 29.8 Å². The summed E-state index contributed by atoms with van der Waals surface area (Å²) >= 11 is 0. The van der Waals surface area contributed by atoms with Crippen LogP contribution in [0.25, 0.3) is 10.9 Å². The first-order valence-corrected chi connectivity index (χ1v) is 8.82. The number of hydrogen-bond donors (Lipinski definition) is 1.